The lowest BCUT2D eigenvalue weighted by atomic mass is 9.86. The molecule has 0 amide bonds. The smallest absolute Gasteiger partial charge is 0.0376 e. The molecule has 1 heterocycles. The third-order valence-corrected chi connectivity index (χ3v) is 5.08. The van der Waals surface area contributed by atoms with Gasteiger partial charge in [-0.3, -0.25) is 0 Å². The molecule has 0 bridgehead atoms. The highest BCUT2D eigenvalue weighted by Crippen LogP contribution is 2.29. The van der Waals surface area contributed by atoms with E-state index < -0.39 is 0 Å². The zero-order valence-corrected chi connectivity index (χ0v) is 12.8. The van der Waals surface area contributed by atoms with Crippen LogP contribution in [0.25, 0.3) is 12.7 Å². The average molecular weight is 275 g/mol. The number of fused-ring (bicyclic) bond motifs is 3. The Hall–Kier alpha value is -2.02. The maximum atomic E-state index is 4.23. The number of benzene rings is 2. The molecule has 2 aliphatic rings. The van der Waals surface area contributed by atoms with Crippen molar-refractivity contribution in [2.24, 2.45) is 0 Å². The number of anilines is 1. The lowest BCUT2D eigenvalue weighted by Crippen LogP contribution is -2.25. The fraction of sp³-hybridized carbons (Fsp3) is 0.300. The van der Waals surface area contributed by atoms with Crippen LogP contribution in [0.2, 0.25) is 0 Å². The average Bonchev–Trinajstić information content (AvgIpc) is 2.49. The molecule has 0 unspecified atom stereocenters. The van der Waals surface area contributed by atoms with E-state index >= 15 is 0 Å². The SMILES string of the molecule is C=c1c(C)cc2c(c1C)Cc1cc3c(cc1C=2)CCCN3. The first kappa shape index (κ1) is 12.7. The van der Waals surface area contributed by atoms with Gasteiger partial charge in [0.1, 0.15) is 0 Å². The van der Waals surface area contributed by atoms with E-state index in [0.29, 0.717) is 0 Å². The highest BCUT2D eigenvalue weighted by atomic mass is 14.9. The molecule has 2 aromatic carbocycles. The van der Waals surface area contributed by atoms with Crippen LogP contribution in [0.1, 0.15) is 39.8 Å². The fourth-order valence-electron chi connectivity index (χ4n) is 3.69. The van der Waals surface area contributed by atoms with Gasteiger partial charge in [-0.25, -0.2) is 0 Å². The van der Waals surface area contributed by atoms with Gasteiger partial charge in [0.2, 0.25) is 0 Å². The Kier molecular flexibility index (Phi) is 2.72. The largest absolute Gasteiger partial charge is 0.385 e. The summed E-state index contributed by atoms with van der Waals surface area (Å²) in [5, 5.41) is 6.12. The van der Waals surface area contributed by atoms with Crippen LogP contribution in [0.4, 0.5) is 5.69 Å². The van der Waals surface area contributed by atoms with Gasteiger partial charge in [0, 0.05) is 12.2 Å². The van der Waals surface area contributed by atoms with Crippen molar-refractivity contribution >= 4 is 18.3 Å². The molecular weight excluding hydrogens is 254 g/mol. The molecule has 0 atom stereocenters. The summed E-state index contributed by atoms with van der Waals surface area (Å²) in [6, 6.07) is 7.05. The minimum Gasteiger partial charge on any atom is -0.385 e. The molecule has 0 aromatic heterocycles. The lowest BCUT2D eigenvalue weighted by Gasteiger charge is -2.23. The third kappa shape index (κ3) is 1.91. The van der Waals surface area contributed by atoms with Gasteiger partial charge in [-0.1, -0.05) is 12.6 Å². The summed E-state index contributed by atoms with van der Waals surface area (Å²) in [6.45, 7) is 9.71. The van der Waals surface area contributed by atoms with Gasteiger partial charge < -0.3 is 5.32 Å². The summed E-state index contributed by atoms with van der Waals surface area (Å²) in [4.78, 5) is 0. The van der Waals surface area contributed by atoms with E-state index in [1.165, 1.54) is 62.3 Å². The zero-order chi connectivity index (χ0) is 14.6. The van der Waals surface area contributed by atoms with Crippen molar-refractivity contribution in [2.75, 3.05) is 11.9 Å². The van der Waals surface area contributed by atoms with Crippen LogP contribution in [0.15, 0.2) is 18.2 Å². The van der Waals surface area contributed by atoms with E-state index in [9.17, 15) is 0 Å². The summed E-state index contributed by atoms with van der Waals surface area (Å²) in [5.41, 5.74) is 9.78. The van der Waals surface area contributed by atoms with Crippen LogP contribution < -0.4 is 15.8 Å². The minimum atomic E-state index is 1.03. The summed E-state index contributed by atoms with van der Waals surface area (Å²) >= 11 is 0. The van der Waals surface area contributed by atoms with Gasteiger partial charge in [0.25, 0.3) is 0 Å². The molecule has 1 heteroatoms. The minimum absolute atomic E-state index is 1.03. The topological polar surface area (TPSA) is 12.0 Å². The van der Waals surface area contributed by atoms with E-state index in [-0.39, 0.29) is 0 Å². The molecule has 1 nitrogen and oxygen atoms in total. The molecule has 1 aliphatic carbocycles. The normalized spacial score (nSPS) is 15.3. The van der Waals surface area contributed by atoms with Crippen molar-refractivity contribution in [2.45, 2.75) is 33.1 Å². The van der Waals surface area contributed by atoms with Gasteiger partial charge in [-0.05, 0) is 95.1 Å². The van der Waals surface area contributed by atoms with Crippen molar-refractivity contribution < 1.29 is 0 Å². The monoisotopic (exact) mass is 275 g/mol. The molecule has 0 fully saturated rings. The third-order valence-electron chi connectivity index (χ3n) is 5.08. The first-order valence-electron chi connectivity index (χ1n) is 7.83. The Balaban J connectivity index is 1.97. The first-order valence-corrected chi connectivity index (χ1v) is 7.83. The van der Waals surface area contributed by atoms with Crippen molar-refractivity contribution in [1.29, 1.82) is 0 Å². The fourth-order valence-corrected chi connectivity index (χ4v) is 3.69. The van der Waals surface area contributed by atoms with Crippen molar-refractivity contribution in [3.63, 3.8) is 0 Å². The Labute approximate surface area is 126 Å². The predicted octanol–water partition coefficient (Wildman–Crippen LogP) is 2.80. The second-order valence-corrected chi connectivity index (χ2v) is 6.42. The molecule has 4 rings (SSSR count). The Morgan fingerprint density at radius 1 is 1.10 bits per heavy atom. The standard InChI is InChI=1S/C20H21N/c1-12-7-18-9-16-8-15-5-4-6-21-20(15)11-17(16)10-19(18)14(3)13(12)2/h7-9,11,21H,2,4-6,10H2,1,3H3. The second-order valence-electron chi connectivity index (χ2n) is 6.42. The Morgan fingerprint density at radius 3 is 2.81 bits per heavy atom. The molecule has 1 aliphatic heterocycles. The molecule has 1 N–H and O–H groups in total. The van der Waals surface area contributed by atoms with E-state index in [4.69, 9.17) is 0 Å². The quantitative estimate of drug-likeness (QED) is 0.665. The van der Waals surface area contributed by atoms with Gasteiger partial charge in [-0.2, -0.15) is 0 Å². The first-order chi connectivity index (χ1) is 10.1. The Morgan fingerprint density at radius 2 is 1.95 bits per heavy atom. The summed E-state index contributed by atoms with van der Waals surface area (Å²) in [5.74, 6) is 0. The highest BCUT2D eigenvalue weighted by Gasteiger charge is 2.17. The van der Waals surface area contributed by atoms with Crippen LogP contribution >= 0.6 is 0 Å². The zero-order valence-electron chi connectivity index (χ0n) is 12.8. The van der Waals surface area contributed by atoms with E-state index in [2.05, 4.69) is 50.0 Å². The second kappa shape index (κ2) is 4.49. The number of nitrogens with one attached hydrogen (secondary N) is 1. The summed E-state index contributed by atoms with van der Waals surface area (Å²) in [7, 11) is 0. The molecule has 0 spiro atoms. The summed E-state index contributed by atoms with van der Waals surface area (Å²) in [6.07, 6.45) is 5.84. The molecular formula is C20H21N. The van der Waals surface area contributed by atoms with Crippen LogP contribution in [0.5, 0.6) is 0 Å². The molecule has 106 valence electrons. The van der Waals surface area contributed by atoms with E-state index in [0.717, 1.165) is 13.0 Å². The maximum absolute atomic E-state index is 4.23. The van der Waals surface area contributed by atoms with Gasteiger partial charge in [0.05, 0.1) is 0 Å². The number of hydrogen-bond acceptors (Lipinski definition) is 1. The van der Waals surface area contributed by atoms with Crippen molar-refractivity contribution in [3.8, 4) is 0 Å². The van der Waals surface area contributed by atoms with Crippen LogP contribution in [0, 0.1) is 13.8 Å². The molecule has 0 radical (unpaired) electrons. The molecule has 0 saturated heterocycles. The van der Waals surface area contributed by atoms with Crippen LogP contribution in [0.3, 0.4) is 0 Å². The van der Waals surface area contributed by atoms with E-state index in [1.54, 1.807) is 0 Å². The van der Waals surface area contributed by atoms with Gasteiger partial charge in [0.15, 0.2) is 0 Å². The predicted molar refractivity (Wildman–Crippen MR) is 90.3 cm³/mol. The van der Waals surface area contributed by atoms with Crippen molar-refractivity contribution in [1.82, 2.24) is 0 Å². The molecule has 21 heavy (non-hydrogen) atoms. The molecule has 2 aromatic rings. The number of hydrogen-bond donors (Lipinski definition) is 1. The van der Waals surface area contributed by atoms with Crippen LogP contribution in [-0.4, -0.2) is 6.54 Å². The lowest BCUT2D eigenvalue weighted by molar-refractivity contribution is 0.828. The maximum Gasteiger partial charge on any atom is 0.0376 e. The highest BCUT2D eigenvalue weighted by molar-refractivity contribution is 5.68. The van der Waals surface area contributed by atoms with E-state index in [1.807, 2.05) is 0 Å². The number of aryl methyl sites for hydroxylation is 2. The summed E-state index contributed by atoms with van der Waals surface area (Å²) < 4.78 is 0. The number of rotatable bonds is 0. The van der Waals surface area contributed by atoms with Crippen molar-refractivity contribution in [3.05, 3.63) is 62.0 Å². The van der Waals surface area contributed by atoms with Crippen LogP contribution in [-0.2, 0) is 12.8 Å². The van der Waals surface area contributed by atoms with Gasteiger partial charge in [-0.15, -0.1) is 0 Å². The van der Waals surface area contributed by atoms with Gasteiger partial charge >= 0.3 is 0 Å². The Bertz CT molecular complexity index is 859. The molecule has 0 saturated carbocycles.